The second-order valence-electron chi connectivity index (χ2n) is 4.59. The second-order valence-corrected chi connectivity index (χ2v) is 5.84. The van der Waals surface area contributed by atoms with E-state index in [-0.39, 0.29) is 23.9 Å². The SMILES string of the molecule is CCOC(=O)c1cn(C)nc1N(C(C)=O)c1ccc(I)cc1. The number of nitrogens with zero attached hydrogens (tertiary/aromatic N) is 3. The third-order valence-electron chi connectivity index (χ3n) is 2.92. The van der Waals surface area contributed by atoms with E-state index in [0.29, 0.717) is 5.69 Å². The van der Waals surface area contributed by atoms with Crippen LogP contribution in [0.1, 0.15) is 24.2 Å². The van der Waals surface area contributed by atoms with E-state index >= 15 is 0 Å². The molecule has 0 saturated heterocycles. The molecular weight excluding hydrogens is 397 g/mol. The summed E-state index contributed by atoms with van der Waals surface area (Å²) in [5.74, 6) is -0.456. The molecular formula is C15H16IN3O3. The van der Waals surface area contributed by atoms with Crippen molar-refractivity contribution in [3.63, 3.8) is 0 Å². The van der Waals surface area contributed by atoms with Gasteiger partial charge in [-0.2, -0.15) is 5.10 Å². The molecule has 0 atom stereocenters. The van der Waals surface area contributed by atoms with Gasteiger partial charge in [-0.05, 0) is 53.8 Å². The Morgan fingerprint density at radius 2 is 1.95 bits per heavy atom. The van der Waals surface area contributed by atoms with Crippen molar-refractivity contribution in [2.75, 3.05) is 11.5 Å². The van der Waals surface area contributed by atoms with Crippen molar-refractivity contribution in [2.24, 2.45) is 7.05 Å². The predicted molar refractivity (Wildman–Crippen MR) is 91.1 cm³/mol. The number of esters is 1. The molecule has 0 aliphatic rings. The lowest BCUT2D eigenvalue weighted by Gasteiger charge is -2.19. The van der Waals surface area contributed by atoms with Crippen LogP contribution in [0.25, 0.3) is 0 Å². The minimum absolute atomic E-state index is 0.231. The van der Waals surface area contributed by atoms with Crippen molar-refractivity contribution < 1.29 is 14.3 Å². The van der Waals surface area contributed by atoms with Crippen LogP contribution in [0.3, 0.4) is 0 Å². The maximum Gasteiger partial charge on any atom is 0.343 e. The molecule has 0 aliphatic heterocycles. The number of hydrogen-bond acceptors (Lipinski definition) is 4. The summed E-state index contributed by atoms with van der Waals surface area (Å²) >= 11 is 2.19. The standard InChI is InChI=1S/C15H16IN3O3/c1-4-22-15(21)13-9-18(3)17-14(13)19(10(2)20)12-7-5-11(16)6-8-12/h5-9H,4H2,1-3H3. The van der Waals surface area contributed by atoms with Crippen molar-refractivity contribution in [3.8, 4) is 0 Å². The summed E-state index contributed by atoms with van der Waals surface area (Å²) in [6.07, 6.45) is 1.55. The van der Waals surface area contributed by atoms with Crippen LogP contribution in [0.5, 0.6) is 0 Å². The normalized spacial score (nSPS) is 10.4. The maximum absolute atomic E-state index is 12.1. The molecule has 6 nitrogen and oxygen atoms in total. The van der Waals surface area contributed by atoms with Crippen LogP contribution in [0.4, 0.5) is 11.5 Å². The Morgan fingerprint density at radius 3 is 2.50 bits per heavy atom. The molecule has 22 heavy (non-hydrogen) atoms. The number of aromatic nitrogens is 2. The Balaban J connectivity index is 2.52. The van der Waals surface area contributed by atoms with Crippen LogP contribution in [-0.4, -0.2) is 28.3 Å². The lowest BCUT2D eigenvalue weighted by molar-refractivity contribution is -0.115. The van der Waals surface area contributed by atoms with E-state index in [0.717, 1.165) is 3.57 Å². The number of carbonyl (C=O) groups is 2. The van der Waals surface area contributed by atoms with E-state index < -0.39 is 5.97 Å². The first-order valence-electron chi connectivity index (χ1n) is 6.71. The minimum atomic E-state index is -0.498. The number of carbonyl (C=O) groups excluding carboxylic acids is 2. The molecule has 0 saturated carbocycles. The van der Waals surface area contributed by atoms with Crippen LogP contribution in [-0.2, 0) is 16.6 Å². The number of benzene rings is 1. The Kier molecular flexibility index (Phi) is 5.17. The third-order valence-corrected chi connectivity index (χ3v) is 3.64. The van der Waals surface area contributed by atoms with Crippen LogP contribution < -0.4 is 4.90 Å². The molecule has 116 valence electrons. The number of ether oxygens (including phenoxy) is 1. The summed E-state index contributed by atoms with van der Waals surface area (Å²) in [5, 5.41) is 4.25. The average molecular weight is 413 g/mol. The van der Waals surface area contributed by atoms with Crippen LogP contribution in [0.15, 0.2) is 30.5 Å². The molecule has 0 N–H and O–H groups in total. The molecule has 0 fully saturated rings. The van der Waals surface area contributed by atoms with Gasteiger partial charge in [-0.15, -0.1) is 0 Å². The Morgan fingerprint density at radius 1 is 1.32 bits per heavy atom. The van der Waals surface area contributed by atoms with Crippen molar-refractivity contribution in [1.29, 1.82) is 0 Å². The Bertz CT molecular complexity index is 695. The number of anilines is 2. The summed E-state index contributed by atoms with van der Waals surface area (Å²) in [4.78, 5) is 25.6. The molecule has 7 heteroatoms. The quantitative estimate of drug-likeness (QED) is 0.571. The topological polar surface area (TPSA) is 64.4 Å². The van der Waals surface area contributed by atoms with Gasteiger partial charge in [-0.25, -0.2) is 4.79 Å². The van der Waals surface area contributed by atoms with Crippen molar-refractivity contribution >= 4 is 46.0 Å². The highest BCUT2D eigenvalue weighted by atomic mass is 127. The monoisotopic (exact) mass is 413 g/mol. The van der Waals surface area contributed by atoms with Gasteiger partial charge in [0.1, 0.15) is 5.56 Å². The highest BCUT2D eigenvalue weighted by Gasteiger charge is 2.25. The van der Waals surface area contributed by atoms with Crippen LogP contribution in [0.2, 0.25) is 0 Å². The summed E-state index contributed by atoms with van der Waals surface area (Å²) in [7, 11) is 1.69. The number of rotatable bonds is 4. The fourth-order valence-electron chi connectivity index (χ4n) is 2.04. The molecule has 1 aromatic carbocycles. The first-order valence-corrected chi connectivity index (χ1v) is 7.79. The van der Waals surface area contributed by atoms with E-state index in [4.69, 9.17) is 4.74 Å². The van der Waals surface area contributed by atoms with E-state index in [1.807, 2.05) is 24.3 Å². The zero-order valence-electron chi connectivity index (χ0n) is 12.5. The van der Waals surface area contributed by atoms with Gasteiger partial charge in [0.25, 0.3) is 0 Å². The van der Waals surface area contributed by atoms with Crippen LogP contribution >= 0.6 is 22.6 Å². The summed E-state index contributed by atoms with van der Waals surface area (Å²) < 4.78 is 7.58. The van der Waals surface area contributed by atoms with Gasteiger partial charge in [0.05, 0.1) is 12.3 Å². The molecule has 1 heterocycles. The number of amides is 1. The number of halogens is 1. The molecule has 0 aliphatic carbocycles. The molecule has 0 bridgehead atoms. The molecule has 2 aromatic rings. The minimum Gasteiger partial charge on any atom is -0.462 e. The van der Waals surface area contributed by atoms with Gasteiger partial charge < -0.3 is 4.74 Å². The van der Waals surface area contributed by atoms with Crippen LogP contribution in [0, 0.1) is 3.57 Å². The van der Waals surface area contributed by atoms with Crippen molar-refractivity contribution in [2.45, 2.75) is 13.8 Å². The maximum atomic E-state index is 12.1. The van der Waals surface area contributed by atoms with Gasteiger partial charge in [0.15, 0.2) is 5.82 Å². The molecule has 1 amide bonds. The highest BCUT2D eigenvalue weighted by molar-refractivity contribution is 14.1. The second kappa shape index (κ2) is 6.91. The summed E-state index contributed by atoms with van der Waals surface area (Å²) in [6.45, 7) is 3.42. The smallest absolute Gasteiger partial charge is 0.343 e. The molecule has 2 rings (SSSR count). The van der Waals surface area contributed by atoms with Crippen molar-refractivity contribution in [1.82, 2.24) is 9.78 Å². The fourth-order valence-corrected chi connectivity index (χ4v) is 2.40. The van der Waals surface area contributed by atoms with Gasteiger partial charge >= 0.3 is 5.97 Å². The number of aryl methyl sites for hydroxylation is 1. The van der Waals surface area contributed by atoms with E-state index in [9.17, 15) is 9.59 Å². The third kappa shape index (κ3) is 3.46. The fraction of sp³-hybridized carbons (Fsp3) is 0.267. The largest absolute Gasteiger partial charge is 0.462 e. The van der Waals surface area contributed by atoms with Gasteiger partial charge in [-0.1, -0.05) is 0 Å². The Labute approximate surface area is 142 Å². The van der Waals surface area contributed by atoms with E-state index in [1.165, 1.54) is 16.5 Å². The zero-order valence-corrected chi connectivity index (χ0v) is 14.7. The lowest BCUT2D eigenvalue weighted by Crippen LogP contribution is -2.25. The molecule has 0 radical (unpaired) electrons. The highest BCUT2D eigenvalue weighted by Crippen LogP contribution is 2.28. The number of hydrogen-bond donors (Lipinski definition) is 0. The molecule has 0 unspecified atom stereocenters. The average Bonchev–Trinajstić information content (AvgIpc) is 2.83. The predicted octanol–water partition coefficient (Wildman–Crippen LogP) is 2.89. The first-order chi connectivity index (χ1) is 10.4. The van der Waals surface area contributed by atoms with E-state index in [2.05, 4.69) is 27.7 Å². The zero-order chi connectivity index (χ0) is 16.3. The molecule has 0 spiro atoms. The lowest BCUT2D eigenvalue weighted by atomic mass is 10.2. The molecule has 1 aromatic heterocycles. The van der Waals surface area contributed by atoms with Gasteiger partial charge in [0.2, 0.25) is 5.91 Å². The summed E-state index contributed by atoms with van der Waals surface area (Å²) in [5.41, 5.74) is 0.912. The first kappa shape index (κ1) is 16.5. The van der Waals surface area contributed by atoms with Crippen molar-refractivity contribution in [3.05, 3.63) is 39.6 Å². The Hall–Kier alpha value is -1.90. The van der Waals surface area contributed by atoms with Gasteiger partial charge in [-0.3, -0.25) is 14.4 Å². The summed E-state index contributed by atoms with van der Waals surface area (Å²) in [6, 6.07) is 7.40. The van der Waals surface area contributed by atoms with Gasteiger partial charge in [0, 0.05) is 23.7 Å². The van der Waals surface area contributed by atoms with E-state index in [1.54, 1.807) is 20.2 Å².